The second-order valence-electron chi connectivity index (χ2n) is 4.90. The molecule has 0 saturated heterocycles. The molecule has 0 saturated carbocycles. The van der Waals surface area contributed by atoms with Crippen molar-refractivity contribution in [3.63, 3.8) is 0 Å². The van der Waals surface area contributed by atoms with E-state index in [1.807, 2.05) is 0 Å². The Labute approximate surface area is 151 Å². The molecule has 3 rings (SSSR count). The first-order valence-electron chi connectivity index (χ1n) is 6.68. The fourth-order valence-corrected chi connectivity index (χ4v) is 5.55. The summed E-state index contributed by atoms with van der Waals surface area (Å²) in [5, 5.41) is 12.9. The van der Waals surface area contributed by atoms with E-state index in [1.54, 1.807) is 21.7 Å². The van der Waals surface area contributed by atoms with E-state index in [9.17, 15) is 14.3 Å². The fraction of sp³-hybridized carbons (Fsp3) is 0.200. The number of amides is 1. The summed E-state index contributed by atoms with van der Waals surface area (Å²) in [6.07, 6.45) is 0. The van der Waals surface area contributed by atoms with Gasteiger partial charge in [0.2, 0.25) is 0 Å². The first kappa shape index (κ1) is 16.9. The van der Waals surface area contributed by atoms with Crippen LogP contribution < -0.4 is 4.90 Å². The van der Waals surface area contributed by atoms with E-state index in [0.29, 0.717) is 34.4 Å². The lowest BCUT2D eigenvalue weighted by atomic mass is 10.1. The molecule has 0 aromatic heterocycles. The second-order valence-corrected chi connectivity index (χ2v) is 8.17. The summed E-state index contributed by atoms with van der Waals surface area (Å²) < 4.78 is 20.0. The van der Waals surface area contributed by atoms with Gasteiger partial charge in [0.15, 0.2) is 0 Å². The number of hydrogen-bond donors (Lipinski definition) is 1. The molecule has 4 nitrogen and oxygen atoms in total. The fourth-order valence-electron chi connectivity index (χ4n) is 2.27. The lowest BCUT2D eigenvalue weighted by Crippen LogP contribution is -2.31. The van der Waals surface area contributed by atoms with Crippen LogP contribution in [0.15, 0.2) is 38.3 Å². The van der Waals surface area contributed by atoms with Crippen LogP contribution >= 0.6 is 42.3 Å². The Morgan fingerprint density at radius 1 is 1.39 bits per heavy atom. The minimum atomic E-state index is -0.879. The molecule has 2 heterocycles. The van der Waals surface area contributed by atoms with Crippen molar-refractivity contribution < 1.29 is 19.0 Å². The molecule has 0 aliphatic carbocycles. The number of halogens is 3. The maximum atomic E-state index is 13.6. The number of carbonyl (C=O) groups is 1. The smallest absolute Gasteiger partial charge is 0.284 e. The van der Waals surface area contributed by atoms with Gasteiger partial charge in [-0.1, -0.05) is 16.6 Å². The van der Waals surface area contributed by atoms with Crippen molar-refractivity contribution in [2.75, 3.05) is 18.1 Å². The number of ether oxygens (including phenoxy) is 1. The molecule has 23 heavy (non-hydrogen) atoms. The molecule has 122 valence electrons. The van der Waals surface area contributed by atoms with Crippen molar-refractivity contribution in [1.29, 1.82) is 0 Å². The molecule has 2 aliphatic rings. The van der Waals surface area contributed by atoms with E-state index in [0.717, 1.165) is 5.56 Å². The van der Waals surface area contributed by atoms with E-state index in [4.69, 9.17) is 4.74 Å². The Kier molecular flexibility index (Phi) is 5.05. The molecule has 1 amide bonds. The van der Waals surface area contributed by atoms with E-state index in [2.05, 4.69) is 31.9 Å². The molecule has 1 aromatic carbocycles. The van der Waals surface area contributed by atoms with Gasteiger partial charge in [-0.15, -0.1) is 0 Å². The van der Waals surface area contributed by atoms with E-state index >= 15 is 0 Å². The van der Waals surface area contributed by atoms with Gasteiger partial charge in [-0.3, -0.25) is 4.79 Å². The van der Waals surface area contributed by atoms with Crippen LogP contribution in [-0.4, -0.2) is 28.9 Å². The zero-order valence-electron chi connectivity index (χ0n) is 11.8. The zero-order chi connectivity index (χ0) is 16.6. The highest BCUT2D eigenvalue weighted by molar-refractivity contribution is 9.12. The number of hydrogen-bond acceptors (Lipinski definition) is 3. The number of allylic oxidation sites excluding steroid dienone is 2. The number of nitrogens with zero attached hydrogens (tertiary/aromatic N) is 1. The summed E-state index contributed by atoms with van der Waals surface area (Å²) >= 11 is 6.48. The summed E-state index contributed by atoms with van der Waals surface area (Å²) in [7, 11) is -0.879. The maximum absolute atomic E-state index is 13.6. The van der Waals surface area contributed by atoms with Crippen molar-refractivity contribution in [1.82, 2.24) is 0 Å². The number of anilines is 1. The SMILES string of the molecule is O=C(N1CCOCc2ccc(F)cc21)S1=CC(Br)=C(O)C(Br)=C1. The predicted molar refractivity (Wildman–Crippen MR) is 98.0 cm³/mol. The Balaban J connectivity index is 2.01. The third-order valence-electron chi connectivity index (χ3n) is 3.39. The minimum Gasteiger partial charge on any atom is -0.506 e. The number of rotatable bonds is 0. The quantitative estimate of drug-likeness (QED) is 0.562. The molecule has 8 heteroatoms. The topological polar surface area (TPSA) is 49.8 Å². The number of fused-ring (bicyclic) bond motifs is 1. The van der Waals surface area contributed by atoms with Crippen molar-refractivity contribution in [3.8, 4) is 0 Å². The average Bonchev–Trinajstić information content (AvgIpc) is 2.73. The van der Waals surface area contributed by atoms with Crippen LogP contribution in [0.4, 0.5) is 14.9 Å². The highest BCUT2D eigenvalue weighted by atomic mass is 79.9. The Morgan fingerprint density at radius 2 is 2.17 bits per heavy atom. The van der Waals surface area contributed by atoms with Gasteiger partial charge in [0, 0.05) is 5.56 Å². The highest BCUT2D eigenvalue weighted by Gasteiger charge is 2.25. The molecule has 0 fully saturated rings. The standard InChI is InChI=1S/C15H12Br2FNO3S/c16-11-7-23(8-12(17)14(11)20)15(21)19-3-4-22-6-9-1-2-10(18)5-13(9)19/h1-2,5,7-8,20H,3-4,6H2. The number of aliphatic hydroxyl groups excluding tert-OH is 1. The largest absolute Gasteiger partial charge is 0.506 e. The first-order chi connectivity index (χ1) is 11.0. The van der Waals surface area contributed by atoms with Crippen molar-refractivity contribution in [2.24, 2.45) is 0 Å². The third kappa shape index (κ3) is 3.45. The Hall–Kier alpha value is -0.960. The molecule has 0 bridgehead atoms. The summed E-state index contributed by atoms with van der Waals surface area (Å²) in [6, 6.07) is 4.35. The molecular weight excluding hydrogens is 453 g/mol. The molecule has 1 aromatic rings. The summed E-state index contributed by atoms with van der Waals surface area (Å²) in [5.41, 5.74) is 1.31. The van der Waals surface area contributed by atoms with Crippen LogP contribution in [0.2, 0.25) is 0 Å². The molecule has 0 radical (unpaired) electrons. The van der Waals surface area contributed by atoms with Gasteiger partial charge in [-0.05, 0) is 54.8 Å². The molecule has 1 unspecified atom stereocenters. The van der Waals surface area contributed by atoms with Crippen LogP contribution in [-0.2, 0) is 11.3 Å². The zero-order valence-corrected chi connectivity index (χ0v) is 15.7. The van der Waals surface area contributed by atoms with Gasteiger partial charge in [0.1, 0.15) is 11.6 Å². The average molecular weight is 465 g/mol. The van der Waals surface area contributed by atoms with Crippen LogP contribution in [0.3, 0.4) is 0 Å². The predicted octanol–water partition coefficient (Wildman–Crippen LogP) is 4.77. The second kappa shape index (κ2) is 6.88. The number of carbonyl (C=O) groups excluding carboxylic acids is 1. The van der Waals surface area contributed by atoms with E-state index in [-0.39, 0.29) is 11.0 Å². The van der Waals surface area contributed by atoms with Crippen LogP contribution in [0.25, 0.3) is 0 Å². The number of aliphatic hydroxyl groups is 1. The summed E-state index contributed by atoms with van der Waals surface area (Å²) in [4.78, 5) is 14.5. The Morgan fingerprint density at radius 3 is 2.91 bits per heavy atom. The molecule has 0 spiro atoms. The van der Waals surface area contributed by atoms with Crippen LogP contribution in [0.5, 0.6) is 0 Å². The van der Waals surface area contributed by atoms with Crippen LogP contribution in [0.1, 0.15) is 5.56 Å². The van der Waals surface area contributed by atoms with E-state index < -0.39 is 16.3 Å². The van der Waals surface area contributed by atoms with Gasteiger partial charge >= 0.3 is 0 Å². The normalized spacial score (nSPS) is 21.3. The van der Waals surface area contributed by atoms with Crippen molar-refractivity contribution in [3.05, 3.63) is 49.7 Å². The van der Waals surface area contributed by atoms with Crippen molar-refractivity contribution in [2.45, 2.75) is 6.61 Å². The highest BCUT2D eigenvalue weighted by Crippen LogP contribution is 2.37. The Bertz CT molecular complexity index is 776. The first-order valence-corrected chi connectivity index (χ1v) is 9.62. The lowest BCUT2D eigenvalue weighted by molar-refractivity contribution is 0.133. The monoisotopic (exact) mass is 463 g/mol. The van der Waals surface area contributed by atoms with Gasteiger partial charge < -0.3 is 14.7 Å². The molecular formula is C15H12Br2FNO3S. The molecule has 1 atom stereocenters. The van der Waals surface area contributed by atoms with E-state index in [1.165, 1.54) is 12.1 Å². The van der Waals surface area contributed by atoms with Gasteiger partial charge in [0.25, 0.3) is 5.24 Å². The summed E-state index contributed by atoms with van der Waals surface area (Å²) in [5.74, 6) is -0.345. The lowest BCUT2D eigenvalue weighted by Gasteiger charge is -2.24. The maximum Gasteiger partial charge on any atom is 0.284 e. The third-order valence-corrected chi connectivity index (χ3v) is 6.81. The number of benzene rings is 1. The van der Waals surface area contributed by atoms with Gasteiger partial charge in [0.05, 0.1) is 34.4 Å². The molecule has 1 N–H and O–H groups in total. The van der Waals surface area contributed by atoms with Crippen LogP contribution in [0, 0.1) is 5.82 Å². The van der Waals surface area contributed by atoms with Gasteiger partial charge in [-0.25, -0.2) is 4.39 Å². The minimum absolute atomic E-state index is 0.0483. The summed E-state index contributed by atoms with van der Waals surface area (Å²) in [6.45, 7) is 1.08. The molecule has 2 aliphatic heterocycles. The van der Waals surface area contributed by atoms with Gasteiger partial charge in [-0.2, -0.15) is 0 Å². The van der Waals surface area contributed by atoms with Crippen molar-refractivity contribution >= 4 is 58.6 Å².